The maximum absolute atomic E-state index is 12.3. The van der Waals surface area contributed by atoms with Gasteiger partial charge in [0.25, 0.3) is 5.56 Å². The number of aryl methyl sites for hydroxylation is 3. The fraction of sp³-hybridized carbons (Fsp3) is 0.353. The second kappa shape index (κ2) is 7.00. The van der Waals surface area contributed by atoms with Gasteiger partial charge in [-0.05, 0) is 51.0 Å². The van der Waals surface area contributed by atoms with Crippen LogP contribution in [0.2, 0.25) is 0 Å². The third kappa shape index (κ3) is 4.22. The summed E-state index contributed by atoms with van der Waals surface area (Å²) in [5, 5.41) is 3.08. The molecule has 5 nitrogen and oxygen atoms in total. The Bertz CT molecular complexity index is 799. The van der Waals surface area contributed by atoms with Gasteiger partial charge in [-0.15, -0.1) is 0 Å². The van der Waals surface area contributed by atoms with E-state index in [1.807, 2.05) is 32.0 Å². The summed E-state index contributed by atoms with van der Waals surface area (Å²) in [5.41, 5.74) is 3.62. The lowest BCUT2D eigenvalue weighted by Gasteiger charge is -2.14. The molecule has 2 aromatic rings. The van der Waals surface area contributed by atoms with Crippen molar-refractivity contribution in [2.24, 2.45) is 7.05 Å². The molecule has 1 atom stereocenters. The van der Waals surface area contributed by atoms with Crippen molar-refractivity contribution >= 4 is 23.4 Å². The molecule has 6 heteroatoms. The van der Waals surface area contributed by atoms with Crippen molar-refractivity contribution in [1.29, 1.82) is 0 Å². The molecule has 0 aliphatic rings. The van der Waals surface area contributed by atoms with Crippen molar-refractivity contribution in [3.63, 3.8) is 0 Å². The summed E-state index contributed by atoms with van der Waals surface area (Å²) in [4.78, 5) is 28.5. The van der Waals surface area contributed by atoms with Crippen molar-refractivity contribution in [3.8, 4) is 0 Å². The Morgan fingerprint density at radius 1 is 1.22 bits per heavy atom. The number of aromatic nitrogens is 2. The summed E-state index contributed by atoms with van der Waals surface area (Å²) in [6.07, 6.45) is 0. The van der Waals surface area contributed by atoms with Gasteiger partial charge in [0.15, 0.2) is 5.16 Å². The normalized spacial score (nSPS) is 12.0. The highest BCUT2D eigenvalue weighted by atomic mass is 32.2. The van der Waals surface area contributed by atoms with Gasteiger partial charge in [-0.2, -0.15) is 0 Å². The van der Waals surface area contributed by atoms with Gasteiger partial charge < -0.3 is 5.32 Å². The first kappa shape index (κ1) is 17.3. The Morgan fingerprint density at radius 3 is 2.57 bits per heavy atom. The molecule has 0 aliphatic heterocycles. The minimum absolute atomic E-state index is 0.117. The first-order valence-electron chi connectivity index (χ1n) is 7.37. The van der Waals surface area contributed by atoms with Crippen LogP contribution in [0.5, 0.6) is 0 Å². The van der Waals surface area contributed by atoms with Crippen molar-refractivity contribution in [1.82, 2.24) is 9.55 Å². The van der Waals surface area contributed by atoms with Crippen LogP contribution in [0, 0.1) is 20.8 Å². The molecule has 1 N–H and O–H groups in total. The molecule has 0 saturated heterocycles. The fourth-order valence-electron chi connectivity index (χ4n) is 2.01. The minimum Gasteiger partial charge on any atom is -0.325 e. The highest BCUT2D eigenvalue weighted by Crippen LogP contribution is 2.22. The Balaban J connectivity index is 2.11. The van der Waals surface area contributed by atoms with Gasteiger partial charge >= 0.3 is 0 Å². The third-order valence-corrected chi connectivity index (χ3v) is 4.79. The molecule has 0 bridgehead atoms. The fourth-order valence-corrected chi connectivity index (χ4v) is 2.94. The van der Waals surface area contributed by atoms with E-state index in [2.05, 4.69) is 10.3 Å². The molecule has 0 spiro atoms. The highest BCUT2D eigenvalue weighted by Gasteiger charge is 2.17. The summed E-state index contributed by atoms with van der Waals surface area (Å²) < 4.78 is 1.46. The lowest BCUT2D eigenvalue weighted by atomic mass is 10.1. The van der Waals surface area contributed by atoms with E-state index in [0.29, 0.717) is 10.9 Å². The predicted octanol–water partition coefficient (Wildman–Crippen LogP) is 2.82. The van der Waals surface area contributed by atoms with E-state index < -0.39 is 0 Å². The van der Waals surface area contributed by atoms with E-state index in [4.69, 9.17) is 0 Å². The SMILES string of the molecule is Cc1cc(=O)n(C)c(SC(C)C(=O)Nc2ccc(C)c(C)c2)n1. The van der Waals surface area contributed by atoms with E-state index >= 15 is 0 Å². The molecule has 23 heavy (non-hydrogen) atoms. The number of amides is 1. The molecule has 1 aromatic carbocycles. The van der Waals surface area contributed by atoms with E-state index in [9.17, 15) is 9.59 Å². The number of hydrogen-bond donors (Lipinski definition) is 1. The number of carbonyl (C=O) groups is 1. The number of benzene rings is 1. The Labute approximate surface area is 140 Å². The molecule has 0 radical (unpaired) electrons. The Kier molecular flexibility index (Phi) is 5.26. The summed E-state index contributed by atoms with van der Waals surface area (Å²) in [5.74, 6) is -0.117. The average Bonchev–Trinajstić information content (AvgIpc) is 2.48. The van der Waals surface area contributed by atoms with Crippen LogP contribution in [0.25, 0.3) is 0 Å². The van der Waals surface area contributed by atoms with Gasteiger partial charge in [-0.1, -0.05) is 17.8 Å². The first-order valence-corrected chi connectivity index (χ1v) is 8.25. The summed E-state index contributed by atoms with van der Waals surface area (Å²) in [7, 11) is 1.66. The zero-order chi connectivity index (χ0) is 17.1. The first-order chi connectivity index (χ1) is 10.8. The number of thioether (sulfide) groups is 1. The van der Waals surface area contributed by atoms with Gasteiger partial charge in [0, 0.05) is 24.5 Å². The van der Waals surface area contributed by atoms with Crippen LogP contribution in [0.4, 0.5) is 5.69 Å². The number of anilines is 1. The number of hydrogen-bond acceptors (Lipinski definition) is 4. The van der Waals surface area contributed by atoms with Crippen LogP contribution in [-0.4, -0.2) is 20.7 Å². The van der Waals surface area contributed by atoms with Crippen LogP contribution >= 0.6 is 11.8 Å². The number of nitrogens with one attached hydrogen (secondary N) is 1. The molecule has 1 amide bonds. The molecular formula is C17H21N3O2S. The van der Waals surface area contributed by atoms with Crippen LogP contribution in [0.15, 0.2) is 34.2 Å². The number of rotatable bonds is 4. The third-order valence-electron chi connectivity index (χ3n) is 3.65. The second-order valence-corrected chi connectivity index (χ2v) is 6.93. The maximum atomic E-state index is 12.3. The molecule has 1 unspecified atom stereocenters. The second-order valence-electron chi connectivity index (χ2n) is 5.63. The molecule has 2 rings (SSSR count). The van der Waals surface area contributed by atoms with Gasteiger partial charge in [0.2, 0.25) is 5.91 Å². The standard InChI is InChI=1S/C17H21N3O2S/c1-10-6-7-14(8-11(10)2)19-16(22)13(4)23-17-18-12(3)9-15(21)20(17)5/h6-9,13H,1-5H3,(H,19,22). The smallest absolute Gasteiger partial charge is 0.254 e. The molecule has 0 aliphatic carbocycles. The van der Waals surface area contributed by atoms with E-state index in [1.54, 1.807) is 20.9 Å². The predicted molar refractivity (Wildman–Crippen MR) is 94.1 cm³/mol. The van der Waals surface area contributed by atoms with Crippen molar-refractivity contribution in [3.05, 3.63) is 51.4 Å². The Hall–Kier alpha value is -2.08. The van der Waals surface area contributed by atoms with Crippen molar-refractivity contribution < 1.29 is 4.79 Å². The average molecular weight is 331 g/mol. The zero-order valence-corrected chi connectivity index (χ0v) is 14.8. The highest BCUT2D eigenvalue weighted by molar-refractivity contribution is 8.00. The van der Waals surface area contributed by atoms with Gasteiger partial charge in [-0.3, -0.25) is 14.2 Å². The maximum Gasteiger partial charge on any atom is 0.254 e. The van der Waals surface area contributed by atoms with Gasteiger partial charge in [-0.25, -0.2) is 4.98 Å². The Morgan fingerprint density at radius 2 is 1.91 bits per heavy atom. The molecular weight excluding hydrogens is 310 g/mol. The molecule has 0 fully saturated rings. The number of nitrogens with zero attached hydrogens (tertiary/aromatic N) is 2. The van der Waals surface area contributed by atoms with Crippen molar-refractivity contribution in [2.45, 2.75) is 38.1 Å². The van der Waals surface area contributed by atoms with Crippen LogP contribution in [0.3, 0.4) is 0 Å². The van der Waals surface area contributed by atoms with Crippen molar-refractivity contribution in [2.75, 3.05) is 5.32 Å². The monoisotopic (exact) mass is 331 g/mol. The summed E-state index contributed by atoms with van der Waals surface area (Å²) >= 11 is 1.27. The topological polar surface area (TPSA) is 64.0 Å². The number of carbonyl (C=O) groups excluding carboxylic acids is 1. The van der Waals surface area contributed by atoms with Gasteiger partial charge in [0.05, 0.1) is 5.25 Å². The molecule has 1 aromatic heterocycles. The molecule has 122 valence electrons. The van der Waals surface area contributed by atoms with Crippen LogP contribution in [-0.2, 0) is 11.8 Å². The summed E-state index contributed by atoms with van der Waals surface area (Å²) in [6, 6.07) is 7.29. The molecule has 1 heterocycles. The largest absolute Gasteiger partial charge is 0.325 e. The van der Waals surface area contributed by atoms with Gasteiger partial charge in [0.1, 0.15) is 0 Å². The van der Waals surface area contributed by atoms with Crippen LogP contribution in [0.1, 0.15) is 23.7 Å². The van der Waals surface area contributed by atoms with E-state index in [1.165, 1.54) is 28.0 Å². The van der Waals surface area contributed by atoms with Crippen LogP contribution < -0.4 is 10.9 Å². The molecule has 0 saturated carbocycles. The lowest BCUT2D eigenvalue weighted by molar-refractivity contribution is -0.115. The lowest BCUT2D eigenvalue weighted by Crippen LogP contribution is -2.25. The van der Waals surface area contributed by atoms with E-state index in [0.717, 1.165) is 11.3 Å². The zero-order valence-electron chi connectivity index (χ0n) is 14.0. The summed E-state index contributed by atoms with van der Waals surface area (Å²) in [6.45, 7) is 7.61. The quantitative estimate of drug-likeness (QED) is 0.691. The minimum atomic E-state index is -0.364. The van der Waals surface area contributed by atoms with E-state index in [-0.39, 0.29) is 16.7 Å².